The van der Waals surface area contributed by atoms with Crippen LogP contribution in [0.1, 0.15) is 19.3 Å². The molecule has 1 aromatic rings. The lowest BCUT2D eigenvalue weighted by Crippen LogP contribution is -2.51. The highest BCUT2D eigenvalue weighted by molar-refractivity contribution is 5.76. The number of carbonyl (C=O) groups is 2. The molecule has 0 spiro atoms. The highest BCUT2D eigenvalue weighted by Gasteiger charge is 2.28. The Labute approximate surface area is 140 Å². The van der Waals surface area contributed by atoms with E-state index in [9.17, 15) is 9.59 Å². The van der Waals surface area contributed by atoms with E-state index >= 15 is 0 Å². The quantitative estimate of drug-likeness (QED) is 0.658. The maximum absolute atomic E-state index is 12.0. The number of hydrogen-bond donors (Lipinski definition) is 2. The average molecular weight is 337 g/mol. The fourth-order valence-corrected chi connectivity index (χ4v) is 2.45. The van der Waals surface area contributed by atoms with Gasteiger partial charge >= 0.3 is 5.97 Å². The molecule has 0 radical (unpaired) electrons. The molecule has 0 aromatic heterocycles. The van der Waals surface area contributed by atoms with Gasteiger partial charge in [-0.1, -0.05) is 18.2 Å². The Morgan fingerprint density at radius 3 is 2.83 bits per heavy atom. The van der Waals surface area contributed by atoms with Crippen LogP contribution >= 0.6 is 0 Å². The molecule has 1 aliphatic rings. The van der Waals surface area contributed by atoms with Crippen LogP contribution in [0, 0.1) is 0 Å². The normalized spacial score (nSPS) is 20.3. The third kappa shape index (κ3) is 6.55. The molecular weight excluding hydrogens is 314 g/mol. The molecule has 1 fully saturated rings. The number of benzene rings is 1. The number of aliphatic carboxylic acids is 1. The van der Waals surface area contributed by atoms with Gasteiger partial charge in [0.05, 0.1) is 25.4 Å². The van der Waals surface area contributed by atoms with Crippen LogP contribution in [0.4, 0.5) is 0 Å². The Morgan fingerprint density at radius 1 is 1.29 bits per heavy atom. The number of amides is 1. The van der Waals surface area contributed by atoms with Crippen molar-refractivity contribution < 1.29 is 28.9 Å². The molecule has 2 N–H and O–H groups in total. The molecule has 1 amide bonds. The number of hydrogen-bond acceptors (Lipinski definition) is 5. The van der Waals surface area contributed by atoms with Crippen molar-refractivity contribution in [1.82, 2.24) is 5.32 Å². The number of rotatable bonds is 9. The molecular formula is C17H23NO6. The Hall–Kier alpha value is -2.12. The molecule has 1 heterocycles. The zero-order valence-electron chi connectivity index (χ0n) is 13.5. The van der Waals surface area contributed by atoms with Crippen LogP contribution in [-0.2, 0) is 19.1 Å². The summed E-state index contributed by atoms with van der Waals surface area (Å²) >= 11 is 0. The van der Waals surface area contributed by atoms with Gasteiger partial charge in [0.2, 0.25) is 5.91 Å². The first-order valence-electron chi connectivity index (χ1n) is 8.03. The van der Waals surface area contributed by atoms with Gasteiger partial charge in [0, 0.05) is 13.0 Å². The van der Waals surface area contributed by atoms with E-state index in [0.29, 0.717) is 39.1 Å². The van der Waals surface area contributed by atoms with E-state index in [1.54, 1.807) is 0 Å². The van der Waals surface area contributed by atoms with E-state index in [1.165, 1.54) is 0 Å². The third-order valence-corrected chi connectivity index (χ3v) is 3.62. The minimum Gasteiger partial charge on any atom is -0.494 e. The fraction of sp³-hybridized carbons (Fsp3) is 0.529. The van der Waals surface area contributed by atoms with Gasteiger partial charge in [-0.15, -0.1) is 0 Å². The van der Waals surface area contributed by atoms with E-state index in [0.717, 1.165) is 5.75 Å². The van der Waals surface area contributed by atoms with Crippen molar-refractivity contribution in [1.29, 1.82) is 0 Å². The number of para-hydroxylation sites is 1. The van der Waals surface area contributed by atoms with Crippen LogP contribution in [0.15, 0.2) is 30.3 Å². The van der Waals surface area contributed by atoms with E-state index in [-0.39, 0.29) is 24.7 Å². The summed E-state index contributed by atoms with van der Waals surface area (Å²) < 4.78 is 16.2. The van der Waals surface area contributed by atoms with E-state index in [2.05, 4.69) is 5.32 Å². The van der Waals surface area contributed by atoms with Gasteiger partial charge in [0.25, 0.3) is 0 Å². The average Bonchev–Trinajstić information content (AvgIpc) is 2.59. The Kier molecular flexibility index (Phi) is 7.51. The van der Waals surface area contributed by atoms with Crippen LogP contribution in [0.2, 0.25) is 0 Å². The first-order valence-corrected chi connectivity index (χ1v) is 8.03. The second-order valence-electron chi connectivity index (χ2n) is 5.55. The maximum atomic E-state index is 12.0. The van der Waals surface area contributed by atoms with E-state index < -0.39 is 5.97 Å². The summed E-state index contributed by atoms with van der Waals surface area (Å²) in [6, 6.07) is 9.11. The minimum atomic E-state index is -1.02. The molecule has 24 heavy (non-hydrogen) atoms. The van der Waals surface area contributed by atoms with Gasteiger partial charge in [-0.2, -0.15) is 0 Å². The summed E-state index contributed by atoms with van der Waals surface area (Å²) in [5.41, 5.74) is 0. The minimum absolute atomic E-state index is 0.119. The number of carboxylic acid groups (broad SMARTS) is 1. The Morgan fingerprint density at radius 2 is 2.08 bits per heavy atom. The Balaban J connectivity index is 1.67. The number of nitrogens with one attached hydrogen (secondary N) is 1. The number of carbonyl (C=O) groups excluding carboxylic acids is 1. The van der Waals surface area contributed by atoms with Crippen molar-refractivity contribution in [3.05, 3.63) is 30.3 Å². The smallest absolute Gasteiger partial charge is 0.329 e. The highest BCUT2D eigenvalue weighted by atomic mass is 16.5. The van der Waals surface area contributed by atoms with Crippen molar-refractivity contribution in [2.75, 3.05) is 26.4 Å². The standard InChI is InChI=1S/C17H23NO6/c19-16(7-4-9-23-13-5-2-1-3-6-13)18-14-11-22-10-8-15(14)24-12-17(20)21/h1-3,5-6,14-15H,4,7-12H2,(H,18,19)(H,20,21)/t14-,15+/m0/s1. The second kappa shape index (κ2) is 9.89. The van der Waals surface area contributed by atoms with Gasteiger partial charge in [0.1, 0.15) is 12.4 Å². The van der Waals surface area contributed by atoms with Crippen LogP contribution in [0.5, 0.6) is 5.75 Å². The first kappa shape index (κ1) is 18.2. The van der Waals surface area contributed by atoms with Crippen molar-refractivity contribution in [2.24, 2.45) is 0 Å². The predicted octanol–water partition coefficient (Wildman–Crippen LogP) is 1.22. The molecule has 0 bridgehead atoms. The van der Waals surface area contributed by atoms with Gasteiger partial charge in [-0.25, -0.2) is 4.79 Å². The summed E-state index contributed by atoms with van der Waals surface area (Å²) in [6.07, 6.45) is 1.15. The van der Waals surface area contributed by atoms with Crippen molar-refractivity contribution in [3.8, 4) is 5.75 Å². The summed E-state index contributed by atoms with van der Waals surface area (Å²) in [7, 11) is 0. The van der Waals surface area contributed by atoms with Crippen LogP contribution in [0.25, 0.3) is 0 Å². The molecule has 0 aliphatic carbocycles. The first-order chi connectivity index (χ1) is 11.6. The van der Waals surface area contributed by atoms with Crippen molar-refractivity contribution >= 4 is 11.9 Å². The largest absolute Gasteiger partial charge is 0.494 e. The highest BCUT2D eigenvalue weighted by Crippen LogP contribution is 2.13. The van der Waals surface area contributed by atoms with Crippen LogP contribution in [0.3, 0.4) is 0 Å². The van der Waals surface area contributed by atoms with Crippen molar-refractivity contribution in [3.63, 3.8) is 0 Å². The zero-order valence-corrected chi connectivity index (χ0v) is 13.5. The van der Waals surface area contributed by atoms with Gasteiger partial charge < -0.3 is 24.6 Å². The third-order valence-electron chi connectivity index (χ3n) is 3.62. The molecule has 1 saturated heterocycles. The van der Waals surface area contributed by atoms with E-state index in [4.69, 9.17) is 19.3 Å². The SMILES string of the molecule is O=C(O)CO[C@@H]1CCOC[C@@H]1NC(=O)CCCOc1ccccc1. The molecule has 2 atom stereocenters. The number of ether oxygens (including phenoxy) is 3. The summed E-state index contributed by atoms with van der Waals surface area (Å²) in [5, 5.41) is 11.5. The number of carboxylic acids is 1. The zero-order chi connectivity index (χ0) is 17.2. The molecule has 0 saturated carbocycles. The van der Waals surface area contributed by atoms with E-state index in [1.807, 2.05) is 30.3 Å². The van der Waals surface area contributed by atoms with Crippen molar-refractivity contribution in [2.45, 2.75) is 31.4 Å². The summed E-state index contributed by atoms with van der Waals surface area (Å²) in [6.45, 7) is 0.914. The molecule has 1 aliphatic heterocycles. The Bertz CT molecular complexity index is 521. The fourth-order valence-electron chi connectivity index (χ4n) is 2.45. The predicted molar refractivity (Wildman–Crippen MR) is 85.9 cm³/mol. The monoisotopic (exact) mass is 337 g/mol. The molecule has 132 valence electrons. The van der Waals surface area contributed by atoms with Crippen LogP contribution in [-0.4, -0.2) is 55.6 Å². The van der Waals surface area contributed by atoms with Gasteiger partial charge in [-0.3, -0.25) is 4.79 Å². The van der Waals surface area contributed by atoms with Gasteiger partial charge in [0.15, 0.2) is 0 Å². The lowest BCUT2D eigenvalue weighted by atomic mass is 10.1. The summed E-state index contributed by atoms with van der Waals surface area (Å²) in [4.78, 5) is 22.6. The maximum Gasteiger partial charge on any atom is 0.329 e. The second-order valence-corrected chi connectivity index (χ2v) is 5.55. The summed E-state index contributed by atoms with van der Waals surface area (Å²) in [5.74, 6) is -0.364. The molecule has 2 rings (SSSR count). The lowest BCUT2D eigenvalue weighted by molar-refractivity contribution is -0.148. The topological polar surface area (TPSA) is 94.1 Å². The van der Waals surface area contributed by atoms with Gasteiger partial charge in [-0.05, 0) is 25.0 Å². The lowest BCUT2D eigenvalue weighted by Gasteiger charge is -2.31. The molecule has 7 heteroatoms. The molecule has 1 aromatic carbocycles. The molecule has 7 nitrogen and oxygen atoms in total. The van der Waals surface area contributed by atoms with Crippen LogP contribution < -0.4 is 10.1 Å². The molecule has 0 unspecified atom stereocenters.